The summed E-state index contributed by atoms with van der Waals surface area (Å²) in [6, 6.07) is 14.6. The standard InChI is InChI=1S/C29H25BrN2O6S/c1-4-10-38-18-7-5-6-16(12-18)25(33)23-24(17-13-19(30)26(34)21(14-17)37-3)32(28(36)27(23)35)29-31-20-9-8-15(2)11-22(20)39-29/h5-9,11-14,24,33-34H,4,10H2,1-3H3/b25-23+. The largest absolute Gasteiger partial charge is 0.507 e. The fourth-order valence-corrected chi connectivity index (χ4v) is 6.03. The lowest BCUT2D eigenvalue weighted by molar-refractivity contribution is -0.132. The number of carbonyl (C=O) groups is 2. The summed E-state index contributed by atoms with van der Waals surface area (Å²) in [5, 5.41) is 22.2. The fraction of sp³-hybridized carbons (Fsp3) is 0.207. The summed E-state index contributed by atoms with van der Waals surface area (Å²) < 4.78 is 12.2. The van der Waals surface area contributed by atoms with Gasteiger partial charge in [0, 0.05) is 5.56 Å². The lowest BCUT2D eigenvalue weighted by Crippen LogP contribution is -2.29. The Morgan fingerprint density at radius 3 is 2.69 bits per heavy atom. The highest BCUT2D eigenvalue weighted by Crippen LogP contribution is 2.47. The number of fused-ring (bicyclic) bond motifs is 1. The molecule has 39 heavy (non-hydrogen) atoms. The van der Waals surface area contributed by atoms with Crippen molar-refractivity contribution in [3.8, 4) is 17.2 Å². The van der Waals surface area contributed by atoms with Gasteiger partial charge < -0.3 is 19.7 Å². The maximum atomic E-state index is 13.6. The van der Waals surface area contributed by atoms with Gasteiger partial charge in [0.15, 0.2) is 16.6 Å². The first kappa shape index (κ1) is 26.7. The Labute approximate surface area is 237 Å². The van der Waals surface area contributed by atoms with E-state index in [2.05, 4.69) is 20.9 Å². The molecule has 0 saturated carbocycles. The molecule has 200 valence electrons. The number of aromatic hydroxyl groups is 1. The Bertz CT molecular complexity index is 1650. The maximum absolute atomic E-state index is 13.6. The van der Waals surface area contributed by atoms with Crippen LogP contribution in [0.3, 0.4) is 0 Å². The summed E-state index contributed by atoms with van der Waals surface area (Å²) >= 11 is 4.61. The number of phenolic OH excluding ortho intramolecular Hbond substituents is 1. The number of anilines is 1. The first-order valence-corrected chi connectivity index (χ1v) is 13.8. The third kappa shape index (κ3) is 4.86. The summed E-state index contributed by atoms with van der Waals surface area (Å²) in [5.74, 6) is -1.48. The van der Waals surface area contributed by atoms with Gasteiger partial charge in [-0.1, -0.05) is 36.5 Å². The van der Waals surface area contributed by atoms with Crippen molar-refractivity contribution in [3.05, 3.63) is 81.3 Å². The number of aryl methyl sites for hydroxylation is 1. The molecule has 1 aliphatic rings. The van der Waals surface area contributed by atoms with Crippen LogP contribution >= 0.6 is 27.3 Å². The molecule has 3 aromatic carbocycles. The van der Waals surface area contributed by atoms with Crippen molar-refractivity contribution in [2.45, 2.75) is 26.3 Å². The molecule has 1 atom stereocenters. The van der Waals surface area contributed by atoms with E-state index in [1.165, 1.54) is 29.4 Å². The minimum absolute atomic E-state index is 0.109. The lowest BCUT2D eigenvalue weighted by atomic mass is 9.95. The number of ketones is 1. The Kier molecular flexibility index (Phi) is 7.33. The zero-order chi connectivity index (χ0) is 27.8. The molecule has 0 bridgehead atoms. The van der Waals surface area contributed by atoms with E-state index >= 15 is 0 Å². The molecular formula is C29H25BrN2O6S. The zero-order valence-corrected chi connectivity index (χ0v) is 23.8. The number of amides is 1. The second-order valence-electron chi connectivity index (χ2n) is 9.07. The van der Waals surface area contributed by atoms with Gasteiger partial charge in [-0.3, -0.25) is 14.5 Å². The van der Waals surface area contributed by atoms with Crippen LogP contribution in [-0.2, 0) is 9.59 Å². The number of rotatable bonds is 7. The predicted molar refractivity (Wildman–Crippen MR) is 154 cm³/mol. The number of methoxy groups -OCH3 is 1. The highest BCUT2D eigenvalue weighted by atomic mass is 79.9. The van der Waals surface area contributed by atoms with Crippen LogP contribution in [0.1, 0.15) is 36.1 Å². The van der Waals surface area contributed by atoms with Gasteiger partial charge >= 0.3 is 5.91 Å². The Morgan fingerprint density at radius 1 is 1.15 bits per heavy atom. The molecule has 2 N–H and O–H groups in total. The summed E-state index contributed by atoms with van der Waals surface area (Å²) in [6.07, 6.45) is 0.806. The van der Waals surface area contributed by atoms with Crippen molar-refractivity contribution in [1.29, 1.82) is 0 Å². The quantitative estimate of drug-likeness (QED) is 0.140. The number of hydrogen-bond acceptors (Lipinski definition) is 8. The maximum Gasteiger partial charge on any atom is 0.301 e. The molecule has 0 radical (unpaired) electrons. The number of benzene rings is 3. The SMILES string of the molecule is CCCOc1cccc(/C(O)=C2\C(=O)C(=O)N(c3nc4ccc(C)cc4s3)C2c2cc(Br)c(O)c(OC)c2)c1. The second kappa shape index (κ2) is 10.7. The summed E-state index contributed by atoms with van der Waals surface area (Å²) in [7, 11) is 1.40. The summed E-state index contributed by atoms with van der Waals surface area (Å²) in [4.78, 5) is 33.1. The molecule has 10 heteroatoms. The smallest absolute Gasteiger partial charge is 0.301 e. The van der Waals surface area contributed by atoms with Gasteiger partial charge in [0.05, 0.1) is 40.0 Å². The minimum atomic E-state index is -1.04. The van der Waals surface area contributed by atoms with Gasteiger partial charge in [-0.15, -0.1) is 0 Å². The van der Waals surface area contributed by atoms with Crippen LogP contribution in [0.4, 0.5) is 5.13 Å². The number of hydrogen-bond donors (Lipinski definition) is 2. The number of halogens is 1. The highest BCUT2D eigenvalue weighted by Gasteiger charge is 2.48. The summed E-state index contributed by atoms with van der Waals surface area (Å²) in [5.41, 5.74) is 2.38. The van der Waals surface area contributed by atoms with Crippen molar-refractivity contribution >= 4 is 60.1 Å². The van der Waals surface area contributed by atoms with Gasteiger partial charge in [0.25, 0.3) is 5.78 Å². The lowest BCUT2D eigenvalue weighted by Gasteiger charge is -2.24. The Morgan fingerprint density at radius 2 is 1.95 bits per heavy atom. The van der Waals surface area contributed by atoms with E-state index in [1.54, 1.807) is 30.3 Å². The number of aromatic nitrogens is 1. The molecule has 0 spiro atoms. The third-order valence-electron chi connectivity index (χ3n) is 6.35. The van der Waals surface area contributed by atoms with Crippen LogP contribution in [0.2, 0.25) is 0 Å². The number of ether oxygens (including phenoxy) is 2. The number of carbonyl (C=O) groups excluding carboxylic acids is 2. The molecule has 8 nitrogen and oxygen atoms in total. The summed E-state index contributed by atoms with van der Waals surface area (Å²) in [6.45, 7) is 4.44. The van der Waals surface area contributed by atoms with Crippen LogP contribution < -0.4 is 14.4 Å². The topological polar surface area (TPSA) is 109 Å². The van der Waals surface area contributed by atoms with E-state index in [-0.39, 0.29) is 22.8 Å². The van der Waals surface area contributed by atoms with Gasteiger partial charge in [0.1, 0.15) is 11.5 Å². The highest BCUT2D eigenvalue weighted by molar-refractivity contribution is 9.10. The molecule has 1 amide bonds. The second-order valence-corrected chi connectivity index (χ2v) is 10.9. The van der Waals surface area contributed by atoms with Crippen molar-refractivity contribution in [1.82, 2.24) is 4.98 Å². The predicted octanol–water partition coefficient (Wildman–Crippen LogP) is 6.50. The average Bonchev–Trinajstić information content (AvgIpc) is 3.46. The number of Topliss-reactive ketones (excluding diaryl/α,β-unsaturated/α-hetero) is 1. The number of nitrogens with zero attached hydrogens (tertiary/aromatic N) is 2. The van der Waals surface area contributed by atoms with Crippen molar-refractivity contribution in [2.75, 3.05) is 18.6 Å². The number of aliphatic hydroxyl groups excluding tert-OH is 1. The number of phenols is 1. The van der Waals surface area contributed by atoms with Crippen LogP contribution in [0.15, 0.2) is 64.6 Å². The van der Waals surface area contributed by atoms with E-state index in [1.807, 2.05) is 32.0 Å². The molecule has 4 aromatic rings. The van der Waals surface area contributed by atoms with E-state index in [4.69, 9.17) is 9.47 Å². The Hall–Kier alpha value is -3.89. The normalized spacial score (nSPS) is 16.7. The van der Waals surface area contributed by atoms with Crippen LogP contribution in [0.25, 0.3) is 16.0 Å². The van der Waals surface area contributed by atoms with Gasteiger partial charge in [-0.2, -0.15) is 0 Å². The molecular weight excluding hydrogens is 584 g/mol. The monoisotopic (exact) mass is 608 g/mol. The molecule has 0 aliphatic carbocycles. The van der Waals surface area contributed by atoms with Crippen molar-refractivity contribution < 1.29 is 29.3 Å². The third-order valence-corrected chi connectivity index (χ3v) is 7.97. The molecule has 1 unspecified atom stereocenters. The number of thiazole rings is 1. The van der Waals surface area contributed by atoms with Gasteiger partial charge in [-0.25, -0.2) is 4.98 Å². The van der Waals surface area contributed by atoms with Crippen LogP contribution in [-0.4, -0.2) is 40.6 Å². The first-order chi connectivity index (χ1) is 18.7. The van der Waals surface area contributed by atoms with E-state index < -0.39 is 17.7 Å². The average molecular weight is 609 g/mol. The molecule has 1 aromatic heterocycles. The molecule has 5 rings (SSSR count). The van der Waals surface area contributed by atoms with E-state index in [9.17, 15) is 19.8 Å². The first-order valence-electron chi connectivity index (χ1n) is 12.2. The van der Waals surface area contributed by atoms with Gasteiger partial charge in [-0.05, 0) is 76.8 Å². The molecule has 1 aliphatic heterocycles. The molecule has 2 heterocycles. The van der Waals surface area contributed by atoms with E-state index in [0.29, 0.717) is 38.6 Å². The van der Waals surface area contributed by atoms with E-state index in [0.717, 1.165) is 16.7 Å². The van der Waals surface area contributed by atoms with Crippen LogP contribution in [0, 0.1) is 6.92 Å². The van der Waals surface area contributed by atoms with Crippen molar-refractivity contribution in [3.63, 3.8) is 0 Å². The molecule has 1 saturated heterocycles. The van der Waals surface area contributed by atoms with Crippen LogP contribution in [0.5, 0.6) is 17.2 Å². The van der Waals surface area contributed by atoms with Crippen molar-refractivity contribution in [2.24, 2.45) is 0 Å². The minimum Gasteiger partial charge on any atom is -0.507 e. The van der Waals surface area contributed by atoms with Gasteiger partial charge in [0.2, 0.25) is 0 Å². The Balaban J connectivity index is 1.73. The zero-order valence-electron chi connectivity index (χ0n) is 21.4. The fourth-order valence-electron chi connectivity index (χ4n) is 4.48. The molecule has 1 fully saturated rings. The number of aliphatic hydroxyl groups is 1.